The van der Waals surface area contributed by atoms with Gasteiger partial charge in [0.25, 0.3) is 5.91 Å². The molecule has 0 saturated heterocycles. The molecule has 6 nitrogen and oxygen atoms in total. The third-order valence-corrected chi connectivity index (χ3v) is 2.43. The van der Waals surface area contributed by atoms with Crippen LogP contribution in [0.4, 0.5) is 13.2 Å². The van der Waals surface area contributed by atoms with Crippen LogP contribution in [0.15, 0.2) is 17.1 Å². The number of nitrogens with one attached hydrogen (secondary N) is 2. The molecule has 1 amide bonds. The Labute approximate surface area is 118 Å². The fourth-order valence-electron chi connectivity index (χ4n) is 1.51. The molecule has 0 aliphatic heterocycles. The number of amides is 1. The van der Waals surface area contributed by atoms with Gasteiger partial charge in [-0.05, 0) is 6.42 Å². The summed E-state index contributed by atoms with van der Waals surface area (Å²) in [7, 11) is 1.45. The normalized spacial score (nSPS) is 11.4. The average Bonchev–Trinajstić information content (AvgIpc) is 2.41. The number of carbonyl (C=O) groups excluding carboxylic acids is 1. The molecule has 0 saturated carbocycles. The van der Waals surface area contributed by atoms with Gasteiger partial charge in [0.15, 0.2) is 0 Å². The Bertz CT molecular complexity index is 528. The molecule has 0 spiro atoms. The van der Waals surface area contributed by atoms with Crippen molar-refractivity contribution in [2.24, 2.45) is 0 Å². The Hall–Kier alpha value is -1.87. The summed E-state index contributed by atoms with van der Waals surface area (Å²) in [5.74, 6) is -0.912. The number of H-pyrrole nitrogens is 1. The number of alkyl halides is 3. The van der Waals surface area contributed by atoms with Crippen molar-refractivity contribution in [3.8, 4) is 0 Å². The Kier molecular flexibility index (Phi) is 6.38. The largest absolute Gasteiger partial charge is 0.417 e. The molecule has 0 fully saturated rings. The lowest BCUT2D eigenvalue weighted by Crippen LogP contribution is -2.29. The van der Waals surface area contributed by atoms with Crippen LogP contribution in [0.1, 0.15) is 22.3 Å². The van der Waals surface area contributed by atoms with Gasteiger partial charge in [-0.15, -0.1) is 0 Å². The second-order valence-electron chi connectivity index (χ2n) is 4.05. The fourth-order valence-corrected chi connectivity index (χ4v) is 1.51. The van der Waals surface area contributed by atoms with Crippen LogP contribution in [0.3, 0.4) is 0 Å². The summed E-state index contributed by atoms with van der Waals surface area (Å²) in [5.41, 5.74) is -2.81. The summed E-state index contributed by atoms with van der Waals surface area (Å²) >= 11 is 0. The third kappa shape index (κ3) is 5.56. The van der Waals surface area contributed by atoms with Crippen molar-refractivity contribution in [1.82, 2.24) is 10.3 Å². The molecule has 2 N–H and O–H groups in total. The van der Waals surface area contributed by atoms with Crippen molar-refractivity contribution in [2.75, 3.05) is 27.1 Å². The molecule has 1 rings (SSSR count). The highest BCUT2D eigenvalue weighted by Gasteiger charge is 2.35. The molecule has 1 heterocycles. The third-order valence-electron chi connectivity index (χ3n) is 2.43. The number of halogens is 3. The van der Waals surface area contributed by atoms with Crippen molar-refractivity contribution in [3.05, 3.63) is 33.7 Å². The SMILES string of the molecule is COCOCCCNC(=O)c1c[nH]c(=O)cc1C(F)(F)F. The summed E-state index contributed by atoms with van der Waals surface area (Å²) in [5, 5.41) is 2.33. The number of methoxy groups -OCH3 is 1. The minimum atomic E-state index is -4.78. The van der Waals surface area contributed by atoms with Gasteiger partial charge in [0, 0.05) is 25.9 Å². The zero-order valence-corrected chi connectivity index (χ0v) is 11.3. The molecule has 9 heteroatoms. The maximum Gasteiger partial charge on any atom is 0.417 e. The number of rotatable bonds is 7. The van der Waals surface area contributed by atoms with Gasteiger partial charge in [-0.3, -0.25) is 9.59 Å². The second-order valence-corrected chi connectivity index (χ2v) is 4.05. The number of ether oxygens (including phenoxy) is 2. The summed E-state index contributed by atoms with van der Waals surface area (Å²) < 4.78 is 47.8. The first kappa shape index (κ1) is 17.2. The quantitative estimate of drug-likeness (QED) is 0.584. The first-order valence-corrected chi connectivity index (χ1v) is 6.01. The molecular weight excluding hydrogens is 293 g/mol. The molecule has 0 unspecified atom stereocenters. The van der Waals surface area contributed by atoms with Crippen molar-refractivity contribution in [1.29, 1.82) is 0 Å². The second kappa shape index (κ2) is 7.79. The van der Waals surface area contributed by atoms with E-state index in [0.717, 1.165) is 6.20 Å². The van der Waals surface area contributed by atoms with Gasteiger partial charge in [-0.2, -0.15) is 13.2 Å². The van der Waals surface area contributed by atoms with E-state index < -0.39 is 28.8 Å². The van der Waals surface area contributed by atoms with Crippen LogP contribution < -0.4 is 10.9 Å². The molecule has 0 radical (unpaired) electrons. The summed E-state index contributed by atoms with van der Waals surface area (Å²) in [4.78, 5) is 24.7. The number of carbonyl (C=O) groups is 1. The van der Waals surface area contributed by atoms with E-state index in [1.54, 1.807) is 0 Å². The first-order valence-electron chi connectivity index (χ1n) is 6.01. The highest BCUT2D eigenvalue weighted by molar-refractivity contribution is 5.95. The molecule has 21 heavy (non-hydrogen) atoms. The lowest BCUT2D eigenvalue weighted by Gasteiger charge is -2.12. The van der Waals surface area contributed by atoms with Crippen LogP contribution in [0.25, 0.3) is 0 Å². The molecule has 118 valence electrons. The Morgan fingerprint density at radius 1 is 1.43 bits per heavy atom. The summed E-state index contributed by atoms with van der Waals surface area (Å²) in [6.07, 6.45) is -3.61. The molecule has 0 aliphatic rings. The van der Waals surface area contributed by atoms with Gasteiger partial charge in [0.1, 0.15) is 6.79 Å². The Morgan fingerprint density at radius 2 is 2.14 bits per heavy atom. The zero-order valence-electron chi connectivity index (χ0n) is 11.3. The van der Waals surface area contributed by atoms with Crippen molar-refractivity contribution >= 4 is 5.91 Å². The predicted octanol–water partition coefficient (Wildman–Crippen LogP) is 1.13. The van der Waals surface area contributed by atoms with E-state index >= 15 is 0 Å². The number of hydrogen-bond acceptors (Lipinski definition) is 4. The minimum absolute atomic E-state index is 0.103. The van der Waals surface area contributed by atoms with Crippen LogP contribution in [-0.2, 0) is 15.7 Å². The van der Waals surface area contributed by atoms with E-state index in [4.69, 9.17) is 4.74 Å². The lowest BCUT2D eigenvalue weighted by atomic mass is 10.1. The van der Waals surface area contributed by atoms with Crippen molar-refractivity contribution < 1.29 is 27.4 Å². The maximum absolute atomic E-state index is 12.7. The van der Waals surface area contributed by atoms with Crippen LogP contribution in [-0.4, -0.2) is 37.9 Å². The smallest absolute Gasteiger partial charge is 0.359 e. The topological polar surface area (TPSA) is 80.4 Å². The molecule has 0 atom stereocenters. The van der Waals surface area contributed by atoms with Gasteiger partial charge in [0.2, 0.25) is 5.56 Å². The monoisotopic (exact) mass is 308 g/mol. The van der Waals surface area contributed by atoms with Crippen LogP contribution in [0.2, 0.25) is 0 Å². The predicted molar refractivity (Wildman–Crippen MR) is 66.8 cm³/mol. The van der Waals surface area contributed by atoms with Crippen LogP contribution in [0.5, 0.6) is 0 Å². The summed E-state index contributed by atoms with van der Waals surface area (Å²) in [6.45, 7) is 0.539. The van der Waals surface area contributed by atoms with Gasteiger partial charge in [-0.25, -0.2) is 0 Å². The number of pyridine rings is 1. The first-order chi connectivity index (χ1) is 9.86. The molecule has 0 bridgehead atoms. The zero-order chi connectivity index (χ0) is 15.9. The lowest BCUT2D eigenvalue weighted by molar-refractivity contribution is -0.138. The molecule has 1 aromatic rings. The van der Waals surface area contributed by atoms with Gasteiger partial charge < -0.3 is 19.8 Å². The summed E-state index contributed by atoms with van der Waals surface area (Å²) in [6, 6.07) is 0.358. The average molecular weight is 308 g/mol. The Balaban J connectivity index is 2.64. The minimum Gasteiger partial charge on any atom is -0.359 e. The molecule has 1 aromatic heterocycles. The van der Waals surface area contributed by atoms with E-state index in [1.165, 1.54) is 7.11 Å². The van der Waals surface area contributed by atoms with Crippen molar-refractivity contribution in [2.45, 2.75) is 12.6 Å². The van der Waals surface area contributed by atoms with Crippen LogP contribution in [0, 0.1) is 0 Å². The van der Waals surface area contributed by atoms with E-state index in [-0.39, 0.29) is 13.3 Å². The van der Waals surface area contributed by atoms with Crippen molar-refractivity contribution in [3.63, 3.8) is 0 Å². The van der Waals surface area contributed by atoms with Crippen LogP contribution >= 0.6 is 0 Å². The maximum atomic E-state index is 12.7. The van der Waals surface area contributed by atoms with Gasteiger partial charge in [-0.1, -0.05) is 0 Å². The molecule has 0 aromatic carbocycles. The van der Waals surface area contributed by atoms with E-state index in [1.807, 2.05) is 0 Å². The number of aromatic amines is 1. The highest BCUT2D eigenvalue weighted by atomic mass is 19.4. The fraction of sp³-hybridized carbons (Fsp3) is 0.500. The molecule has 0 aliphatic carbocycles. The van der Waals surface area contributed by atoms with E-state index in [2.05, 4.69) is 15.0 Å². The van der Waals surface area contributed by atoms with E-state index in [0.29, 0.717) is 19.1 Å². The number of aromatic nitrogens is 1. The molecular formula is C12H15F3N2O4. The standard InChI is InChI=1S/C12H15F3N2O4/c1-20-7-21-4-2-3-16-11(19)8-6-17-10(18)5-9(8)12(13,14)15/h5-6H,2-4,7H2,1H3,(H,16,19)(H,17,18). The highest BCUT2D eigenvalue weighted by Crippen LogP contribution is 2.30. The number of hydrogen-bond donors (Lipinski definition) is 2. The Morgan fingerprint density at radius 3 is 2.76 bits per heavy atom. The van der Waals surface area contributed by atoms with E-state index in [9.17, 15) is 22.8 Å². The van der Waals surface area contributed by atoms with Gasteiger partial charge in [0.05, 0.1) is 17.7 Å². The van der Waals surface area contributed by atoms with Gasteiger partial charge >= 0.3 is 6.18 Å².